The number of piperidine rings is 2. The summed E-state index contributed by atoms with van der Waals surface area (Å²) in [4.78, 5) is 133. The molecule has 4 bridgehead atoms. The van der Waals surface area contributed by atoms with Crippen molar-refractivity contribution in [3.63, 3.8) is 0 Å². The number of rotatable bonds is 19. The molecule has 7 N–H and O–H groups in total. The van der Waals surface area contributed by atoms with E-state index in [0.29, 0.717) is 44.4 Å². The number of aromatic nitrogens is 8. The third kappa shape index (κ3) is 16.5. The van der Waals surface area contributed by atoms with Gasteiger partial charge in [0.1, 0.15) is 47.0 Å². The van der Waals surface area contributed by atoms with Gasteiger partial charge in [-0.25, -0.2) is 39.1 Å². The van der Waals surface area contributed by atoms with Crippen molar-refractivity contribution in [2.24, 2.45) is 40.4 Å². The Morgan fingerprint density at radius 1 is 0.439 bits per heavy atom. The van der Waals surface area contributed by atoms with E-state index in [2.05, 4.69) is 157 Å². The Morgan fingerprint density at radius 2 is 0.797 bits per heavy atom. The number of alkyl carbamates (subject to hydrolysis) is 3. The number of aromatic amines is 4. The Morgan fingerprint density at radius 3 is 1.20 bits per heavy atom. The van der Waals surface area contributed by atoms with E-state index in [1.165, 1.54) is 21.3 Å². The van der Waals surface area contributed by atoms with Crippen LogP contribution in [0.3, 0.4) is 0 Å². The number of imidazole rings is 4. The normalized spacial score (nSPS) is 22.9. The zero-order valence-electron chi connectivity index (χ0n) is 71.6. The van der Waals surface area contributed by atoms with Crippen molar-refractivity contribution in [1.29, 1.82) is 0 Å². The molecule has 9 aliphatic rings. The molecule has 6 aromatic carbocycles. The van der Waals surface area contributed by atoms with E-state index in [0.717, 1.165) is 196 Å². The van der Waals surface area contributed by atoms with Crippen molar-refractivity contribution in [3.8, 4) is 67.3 Å². The minimum Gasteiger partial charge on any atom is -0.453 e. The Balaban J connectivity index is 0.000000169. The van der Waals surface area contributed by atoms with Crippen LogP contribution in [0, 0.1) is 40.4 Å². The number of amides is 7. The van der Waals surface area contributed by atoms with Gasteiger partial charge in [0.05, 0.1) is 93.1 Å². The van der Waals surface area contributed by atoms with Gasteiger partial charge >= 0.3 is 24.4 Å². The number of hydrogen-bond donors (Lipinski definition) is 7. The van der Waals surface area contributed by atoms with Crippen molar-refractivity contribution in [1.82, 2.24) is 75.4 Å². The lowest BCUT2D eigenvalue weighted by atomic mass is 9.90. The van der Waals surface area contributed by atoms with Crippen LogP contribution < -0.4 is 16.0 Å². The first-order chi connectivity index (χ1) is 59.3. The Labute approximate surface area is 715 Å². The van der Waals surface area contributed by atoms with Crippen LogP contribution in [0.4, 0.5) is 19.2 Å². The first-order valence-corrected chi connectivity index (χ1v) is 43.8. The smallest absolute Gasteiger partial charge is 0.410 e. The number of ether oxygens (including phenoxy) is 5. The Kier molecular flexibility index (Phi) is 22.1. The highest BCUT2D eigenvalue weighted by Gasteiger charge is 2.58. The average molecular weight is 1670 g/mol. The topological polar surface area (TPSA) is 329 Å². The number of benzene rings is 6. The van der Waals surface area contributed by atoms with E-state index >= 15 is 0 Å². The summed E-state index contributed by atoms with van der Waals surface area (Å²) >= 11 is 0. The number of fused-ring (bicyclic) bond motifs is 6. The number of hydrogen-bond acceptors (Lipinski definition) is 16. The zero-order chi connectivity index (χ0) is 85.5. The summed E-state index contributed by atoms with van der Waals surface area (Å²) in [7, 11) is 3.95. The summed E-state index contributed by atoms with van der Waals surface area (Å²) in [5.74, 6) is 3.29. The highest BCUT2D eigenvalue weighted by molar-refractivity contribution is 5.93. The lowest BCUT2D eigenvalue weighted by molar-refractivity contribution is -0.140. The van der Waals surface area contributed by atoms with Crippen molar-refractivity contribution in [2.75, 3.05) is 47.6 Å². The maximum absolute atomic E-state index is 14.3. The number of nitrogens with one attached hydrogen (secondary N) is 7. The van der Waals surface area contributed by atoms with Gasteiger partial charge < -0.3 is 74.3 Å². The molecule has 27 nitrogen and oxygen atoms in total. The van der Waals surface area contributed by atoms with Gasteiger partial charge in [-0.15, -0.1) is 0 Å². The lowest BCUT2D eigenvalue weighted by Crippen LogP contribution is -2.54. The molecule has 19 rings (SSSR count). The van der Waals surface area contributed by atoms with Gasteiger partial charge in [-0.2, -0.15) is 0 Å². The molecule has 0 radical (unpaired) electrons. The summed E-state index contributed by atoms with van der Waals surface area (Å²) in [6.07, 6.45) is 18.8. The van der Waals surface area contributed by atoms with Crippen LogP contribution in [0.25, 0.3) is 88.8 Å². The average Bonchev–Trinajstić information content (AvgIpc) is 1.58. The number of carbonyl (C=O) groups is 7. The van der Waals surface area contributed by atoms with E-state index in [1.807, 2.05) is 92.9 Å². The molecule has 5 aliphatic heterocycles. The zero-order valence-corrected chi connectivity index (χ0v) is 71.6. The number of H-pyrrole nitrogens is 4. The molecule has 4 saturated carbocycles. The molecular weight excluding hydrogens is 1560 g/mol. The second-order valence-corrected chi connectivity index (χ2v) is 37.6. The molecule has 2 spiro atoms. The minimum atomic E-state index is -0.684. The van der Waals surface area contributed by atoms with Gasteiger partial charge in [0.2, 0.25) is 17.7 Å². The highest BCUT2D eigenvalue weighted by Crippen LogP contribution is 2.60. The number of carbonyl (C=O) groups excluding carboxylic acids is 7. The van der Waals surface area contributed by atoms with Crippen LogP contribution in [0.15, 0.2) is 146 Å². The van der Waals surface area contributed by atoms with Gasteiger partial charge in [0, 0.05) is 49.5 Å². The highest BCUT2D eigenvalue weighted by atomic mass is 16.6. The molecule has 1 unspecified atom stereocenters. The van der Waals surface area contributed by atoms with Crippen LogP contribution in [0.5, 0.6) is 0 Å². The van der Waals surface area contributed by atoms with Crippen molar-refractivity contribution < 1.29 is 57.2 Å². The Hall–Kier alpha value is -11.9. The first-order valence-electron chi connectivity index (χ1n) is 43.8. The van der Waals surface area contributed by atoms with Crippen LogP contribution in [0.2, 0.25) is 0 Å². The largest absolute Gasteiger partial charge is 0.453 e. The van der Waals surface area contributed by atoms with Crippen molar-refractivity contribution in [3.05, 3.63) is 169 Å². The predicted octanol–water partition coefficient (Wildman–Crippen LogP) is 17.1. The molecule has 9 fully saturated rings. The van der Waals surface area contributed by atoms with Gasteiger partial charge in [0.25, 0.3) is 0 Å². The molecular formula is C96H111N15O12. The van der Waals surface area contributed by atoms with Crippen molar-refractivity contribution >= 4 is 63.6 Å². The fourth-order valence-corrected chi connectivity index (χ4v) is 20.7. The molecule has 7 amide bonds. The summed E-state index contributed by atoms with van der Waals surface area (Å²) in [5.41, 5.74) is 11.8. The second-order valence-electron chi connectivity index (χ2n) is 37.6. The van der Waals surface area contributed by atoms with Crippen LogP contribution in [-0.4, -0.2) is 185 Å². The van der Waals surface area contributed by atoms with Crippen molar-refractivity contribution in [2.45, 2.75) is 198 Å². The lowest BCUT2D eigenvalue weighted by Gasteiger charge is -2.37. The van der Waals surface area contributed by atoms with E-state index in [9.17, 15) is 33.6 Å². The number of methoxy groups -OCH3 is 3. The Bertz CT molecular complexity index is 5650. The van der Waals surface area contributed by atoms with Crippen LogP contribution in [0.1, 0.15) is 186 Å². The van der Waals surface area contributed by atoms with E-state index in [1.54, 1.807) is 0 Å². The maximum Gasteiger partial charge on any atom is 0.410 e. The van der Waals surface area contributed by atoms with Gasteiger partial charge in [-0.1, -0.05) is 125 Å². The molecule has 5 saturated heterocycles. The number of nitrogens with zero attached hydrogens (tertiary/aromatic N) is 8. The molecule has 27 heteroatoms. The standard InChI is InChI=1S/C50H58N8O7.C46H53N7O5/c1-28(2)41(55-48(61)63-3)47(60)58-37-14-13-36(23-37)43(58)45-52-25-38(54-45)30-7-5-29(6-8-30)32-9-10-34-22-35(12-11-33(34)21-32)39-26-51-44(53-39)40-24-50(17-18-50)27-57(40)46(59)42(56-49(62)64-4)31-15-19-65-20-16-31;1-26(2)38(51-43(55)57-6)42(54)53-34-16-15-33(21-34)39(53)41-48-23-35(50-41)28-9-7-27(8-10-28)29-11-12-31-20-32(14-13-30(31)19-29)36-24-47-40(49-36)37-22-46(17-18-46)25-52(37)44(56)58-45(3,4)5/h5-12,21-22,25-26,28,31,36-37,40-43H,13-20,23-24,27H2,1-4H3,(H,51,53)(H,52,54)(H,55,61)(H,56,62);7-14,19-20,23-24,26,33-34,37-39H,15-18,21-22,25H2,1-6H3,(H,47,49)(H,48,50)(H,51,55)/t36-,37+,40-,41-,42?,43-;33-,34+,37-,38-,39-/m00/s1. The van der Waals surface area contributed by atoms with Gasteiger partial charge in [-0.3, -0.25) is 19.3 Å². The fourth-order valence-electron chi connectivity index (χ4n) is 20.7. The first kappa shape index (κ1) is 82.1. The summed E-state index contributed by atoms with van der Waals surface area (Å²) in [6.45, 7) is 16.0. The third-order valence-corrected chi connectivity index (χ3v) is 27.7. The molecule has 11 atom stereocenters. The summed E-state index contributed by atoms with van der Waals surface area (Å²) in [5, 5.41) is 12.9. The molecule has 123 heavy (non-hydrogen) atoms. The van der Waals surface area contributed by atoms with Gasteiger partial charge in [-0.05, 0) is 230 Å². The maximum atomic E-state index is 14.3. The van der Waals surface area contributed by atoms with E-state index in [-0.39, 0.29) is 88.6 Å². The summed E-state index contributed by atoms with van der Waals surface area (Å²) < 4.78 is 26.0. The predicted molar refractivity (Wildman–Crippen MR) is 464 cm³/mol. The third-order valence-electron chi connectivity index (χ3n) is 27.7. The van der Waals surface area contributed by atoms with E-state index in [4.69, 9.17) is 43.6 Å². The molecule has 4 aliphatic carbocycles. The number of likely N-dealkylation sites (tertiary alicyclic amines) is 4. The minimum absolute atomic E-state index is 0.0273. The fraction of sp³-hybridized carbons (Fsp3) is 0.469. The monoisotopic (exact) mass is 1670 g/mol. The molecule has 9 heterocycles. The van der Waals surface area contributed by atoms with Crippen LogP contribution in [-0.2, 0) is 38.1 Å². The van der Waals surface area contributed by atoms with Crippen LogP contribution >= 0.6 is 0 Å². The van der Waals surface area contributed by atoms with E-state index < -0.39 is 42.0 Å². The molecule has 642 valence electrons. The van der Waals surface area contributed by atoms with Gasteiger partial charge in [0.15, 0.2) is 0 Å². The quantitative estimate of drug-likeness (QED) is 0.0370. The summed E-state index contributed by atoms with van der Waals surface area (Å²) in [6, 6.07) is 40.3. The molecule has 10 aromatic rings. The molecule has 4 aromatic heterocycles. The SMILES string of the molecule is COC(=O)NC(C(=O)N1CC2(CC2)C[C@H]1c1ncc(-c2ccc3cc(-c4ccc(-c5cnc([C@@H]6[C@H]7CC[C@H](C7)N6C(=O)[C@@H](NC(=O)OC)C(C)C)[nH]5)cc4)ccc3c2)[nH]1)C1CCOCC1.COC(=O)N[C@H](C(=O)N1[C@@H]2CC[C@@H](C2)[C@H]1c1ncc(-c2ccc(-c3ccc4cc(-c5cnc([C@@H]6CC7(CC7)CN6C(=O)OC(C)(C)C)[nH]5)ccc4c3)cc2)[nH]1)C(C)C. The second kappa shape index (κ2) is 33.1.